The van der Waals surface area contributed by atoms with Crippen molar-refractivity contribution in [3.63, 3.8) is 0 Å². The number of esters is 1. The summed E-state index contributed by atoms with van der Waals surface area (Å²) in [6, 6.07) is -1.12. The molecule has 0 aromatic carbocycles. The van der Waals surface area contributed by atoms with Gasteiger partial charge in [0.2, 0.25) is 0 Å². The van der Waals surface area contributed by atoms with Gasteiger partial charge in [-0.05, 0) is 84.5 Å². The number of piperazine rings is 1. The Balaban J connectivity index is 1.41. The first kappa shape index (κ1) is 32.7. The highest BCUT2D eigenvalue weighted by molar-refractivity contribution is 5.90. The van der Waals surface area contributed by atoms with E-state index in [9.17, 15) is 24.0 Å². The van der Waals surface area contributed by atoms with Crippen molar-refractivity contribution in [2.75, 3.05) is 19.6 Å². The van der Waals surface area contributed by atoms with Crippen molar-refractivity contribution in [2.24, 2.45) is 34.5 Å². The normalized spacial score (nSPS) is 37.5. The van der Waals surface area contributed by atoms with E-state index in [4.69, 9.17) is 14.2 Å². The molecule has 0 radical (unpaired) electrons. The zero-order valence-electron chi connectivity index (χ0n) is 27.9. The topological polar surface area (TPSA) is 120 Å². The van der Waals surface area contributed by atoms with Crippen molar-refractivity contribution in [1.82, 2.24) is 9.80 Å². The molecule has 4 aliphatic carbocycles. The molecule has 1 saturated heterocycles. The van der Waals surface area contributed by atoms with E-state index in [2.05, 4.69) is 6.92 Å². The van der Waals surface area contributed by atoms with Gasteiger partial charge in [-0.2, -0.15) is 0 Å². The number of ether oxygens (including phenoxy) is 3. The van der Waals surface area contributed by atoms with Gasteiger partial charge >= 0.3 is 18.2 Å². The number of amides is 2. The van der Waals surface area contributed by atoms with Gasteiger partial charge < -0.3 is 19.1 Å². The Kier molecular flexibility index (Phi) is 8.41. The number of rotatable bonds is 2. The van der Waals surface area contributed by atoms with Crippen LogP contribution in [-0.4, -0.2) is 82.5 Å². The maximum Gasteiger partial charge on any atom is 0.411 e. The molecule has 1 heterocycles. The summed E-state index contributed by atoms with van der Waals surface area (Å²) in [5.74, 6) is -0.228. The van der Waals surface area contributed by atoms with Crippen molar-refractivity contribution in [3.05, 3.63) is 0 Å². The van der Waals surface area contributed by atoms with Gasteiger partial charge in [0.15, 0.2) is 6.04 Å². The second-order valence-corrected chi connectivity index (χ2v) is 16.4. The lowest BCUT2D eigenvalue weighted by Gasteiger charge is -2.59. The molecule has 0 aromatic heterocycles. The number of Topliss-reactive ketones (excluding diaryl/α,β-unsaturated/α-hetero) is 2. The van der Waals surface area contributed by atoms with Crippen molar-refractivity contribution >= 4 is 29.7 Å². The standard InChI is InChI=1S/C34H52N2O8/c1-31(2,3)43-29(40)35-15-16-36(30(41)44-32(4,5)6)23(19-35)28(39)42-25-18-26(38)34(8)14-12-21-20(27(25)34)17-24(37)22-11-9-10-13-33(21,22)7/h20-23,25,27H,9-19H2,1-8H3/t20-,21+,22-,23?,25?,27-,33-,34-/m1/s1. The van der Waals surface area contributed by atoms with Gasteiger partial charge in [-0.15, -0.1) is 0 Å². The minimum atomic E-state index is -1.12. The fourth-order valence-electron chi connectivity index (χ4n) is 9.27. The number of nitrogens with zero attached hydrogens (tertiary/aromatic N) is 2. The molecule has 0 aromatic rings. The van der Waals surface area contributed by atoms with Crippen LogP contribution in [0.15, 0.2) is 0 Å². The van der Waals surface area contributed by atoms with Gasteiger partial charge in [0.05, 0.1) is 6.54 Å². The van der Waals surface area contributed by atoms with Gasteiger partial charge in [-0.1, -0.05) is 26.7 Å². The Morgan fingerprint density at radius 1 is 0.841 bits per heavy atom. The predicted molar refractivity (Wildman–Crippen MR) is 162 cm³/mol. The molecule has 10 heteroatoms. The fraction of sp³-hybridized carbons (Fsp3) is 0.853. The molecule has 4 saturated carbocycles. The zero-order valence-corrected chi connectivity index (χ0v) is 27.9. The third-order valence-electron chi connectivity index (χ3n) is 11.2. The van der Waals surface area contributed by atoms with E-state index >= 15 is 0 Å². The number of fused-ring (bicyclic) bond motifs is 5. The number of carbonyl (C=O) groups is 5. The number of ketones is 2. The molecule has 0 spiro atoms. The largest absolute Gasteiger partial charge is 0.460 e. The minimum Gasteiger partial charge on any atom is -0.460 e. The maximum absolute atomic E-state index is 14.1. The second kappa shape index (κ2) is 11.3. The molecule has 5 rings (SSSR count). The average molecular weight is 617 g/mol. The monoisotopic (exact) mass is 616 g/mol. The molecule has 5 fully saturated rings. The lowest BCUT2D eigenvalue weighted by Crippen LogP contribution is -2.61. The van der Waals surface area contributed by atoms with Crippen molar-refractivity contribution in [1.29, 1.82) is 0 Å². The summed E-state index contributed by atoms with van der Waals surface area (Å²) in [4.78, 5) is 70.2. The van der Waals surface area contributed by atoms with Gasteiger partial charge in [0, 0.05) is 43.2 Å². The summed E-state index contributed by atoms with van der Waals surface area (Å²) < 4.78 is 17.4. The van der Waals surface area contributed by atoms with Crippen LogP contribution >= 0.6 is 0 Å². The Labute approximate surface area is 261 Å². The van der Waals surface area contributed by atoms with Crippen LogP contribution < -0.4 is 0 Å². The van der Waals surface area contributed by atoms with Gasteiger partial charge in [0.1, 0.15) is 28.9 Å². The third-order valence-corrected chi connectivity index (χ3v) is 11.2. The van der Waals surface area contributed by atoms with E-state index in [1.807, 2.05) is 6.92 Å². The Bertz CT molecular complexity index is 1200. The third kappa shape index (κ3) is 5.98. The number of hydrogen-bond acceptors (Lipinski definition) is 8. The quantitative estimate of drug-likeness (QED) is 0.293. The zero-order chi connectivity index (χ0) is 32.4. The van der Waals surface area contributed by atoms with E-state index in [1.54, 1.807) is 41.5 Å². The highest BCUT2D eigenvalue weighted by Gasteiger charge is 2.65. The highest BCUT2D eigenvalue weighted by atomic mass is 16.6. The lowest BCUT2D eigenvalue weighted by molar-refractivity contribution is -0.173. The molecular formula is C34H52N2O8. The highest BCUT2D eigenvalue weighted by Crippen LogP contribution is 2.65. The van der Waals surface area contributed by atoms with E-state index in [-0.39, 0.29) is 55.0 Å². The van der Waals surface area contributed by atoms with E-state index in [0.29, 0.717) is 18.1 Å². The lowest BCUT2D eigenvalue weighted by atomic mass is 9.45. The maximum atomic E-state index is 14.1. The molecular weight excluding hydrogens is 564 g/mol. The van der Waals surface area contributed by atoms with Crippen LogP contribution in [0.4, 0.5) is 9.59 Å². The smallest absolute Gasteiger partial charge is 0.411 e. The Morgan fingerprint density at radius 3 is 2.16 bits per heavy atom. The van der Waals surface area contributed by atoms with E-state index in [1.165, 1.54) is 9.80 Å². The van der Waals surface area contributed by atoms with E-state index in [0.717, 1.165) is 38.5 Å². The molecule has 10 nitrogen and oxygen atoms in total. The first-order chi connectivity index (χ1) is 20.3. The van der Waals surface area contributed by atoms with Crippen molar-refractivity contribution in [2.45, 2.75) is 130 Å². The summed E-state index contributed by atoms with van der Waals surface area (Å²) in [7, 11) is 0. The first-order valence-corrected chi connectivity index (χ1v) is 16.6. The number of carbonyl (C=O) groups excluding carboxylic acids is 5. The number of hydrogen-bond donors (Lipinski definition) is 0. The molecule has 5 aliphatic rings. The molecule has 2 unspecified atom stereocenters. The van der Waals surface area contributed by atoms with Crippen LogP contribution in [-0.2, 0) is 28.6 Å². The van der Waals surface area contributed by atoms with E-state index < -0.39 is 46.9 Å². The summed E-state index contributed by atoms with van der Waals surface area (Å²) in [6.45, 7) is 15.0. The summed E-state index contributed by atoms with van der Waals surface area (Å²) >= 11 is 0. The Morgan fingerprint density at radius 2 is 1.50 bits per heavy atom. The summed E-state index contributed by atoms with van der Waals surface area (Å²) in [6.07, 6.45) is 4.36. The Hall–Kier alpha value is -2.65. The predicted octanol–water partition coefficient (Wildman–Crippen LogP) is 5.55. The summed E-state index contributed by atoms with van der Waals surface area (Å²) in [5.41, 5.74) is -2.27. The summed E-state index contributed by atoms with van der Waals surface area (Å²) in [5, 5.41) is 0. The molecule has 2 amide bonds. The average Bonchev–Trinajstić information content (AvgIpc) is 3.15. The van der Waals surface area contributed by atoms with Crippen LogP contribution in [0.5, 0.6) is 0 Å². The van der Waals surface area contributed by atoms with Gasteiger partial charge in [0.25, 0.3) is 0 Å². The van der Waals surface area contributed by atoms with Crippen LogP contribution in [0.3, 0.4) is 0 Å². The van der Waals surface area contributed by atoms with Crippen molar-refractivity contribution in [3.8, 4) is 0 Å². The molecule has 0 bridgehead atoms. The minimum absolute atomic E-state index is 0.0311. The van der Waals surface area contributed by atoms with Crippen LogP contribution in [0.2, 0.25) is 0 Å². The van der Waals surface area contributed by atoms with Crippen LogP contribution in [0.25, 0.3) is 0 Å². The van der Waals surface area contributed by atoms with Crippen LogP contribution in [0, 0.1) is 34.5 Å². The molecule has 8 atom stereocenters. The molecule has 0 N–H and O–H groups in total. The molecule has 1 aliphatic heterocycles. The van der Waals surface area contributed by atoms with Crippen molar-refractivity contribution < 1.29 is 38.2 Å². The second-order valence-electron chi connectivity index (χ2n) is 16.4. The van der Waals surface area contributed by atoms with Gasteiger partial charge in [-0.25, -0.2) is 14.4 Å². The molecule has 44 heavy (non-hydrogen) atoms. The van der Waals surface area contributed by atoms with Gasteiger partial charge in [-0.3, -0.25) is 14.5 Å². The van der Waals surface area contributed by atoms with Crippen LogP contribution in [0.1, 0.15) is 107 Å². The first-order valence-electron chi connectivity index (χ1n) is 16.6. The molecule has 246 valence electrons. The SMILES string of the molecule is CC(C)(C)OC(=O)N1CCN(C(=O)OC(C)(C)C)C(C(=O)OC2CC(=O)[C@@]3(C)CC[C@H]4[C@@H](CC(=O)[C@H]5CCCC[C@@]54C)[C@H]23)C1. The fourth-order valence-corrected chi connectivity index (χ4v) is 9.27.